The number of H-pyrrole nitrogens is 1. The molecule has 1 aromatic carbocycles. The van der Waals surface area contributed by atoms with Crippen LogP contribution in [0.5, 0.6) is 5.75 Å². The lowest BCUT2D eigenvalue weighted by molar-refractivity contribution is -0.140. The monoisotopic (exact) mass is 454 g/mol. The number of rotatable bonds is 5. The Kier molecular flexibility index (Phi) is 5.35. The van der Waals surface area contributed by atoms with E-state index >= 15 is 0 Å². The van der Waals surface area contributed by atoms with E-state index in [1.807, 2.05) is 28.0 Å². The van der Waals surface area contributed by atoms with Gasteiger partial charge in [-0.15, -0.1) is 5.10 Å². The van der Waals surface area contributed by atoms with Crippen molar-refractivity contribution < 1.29 is 17.9 Å². The van der Waals surface area contributed by atoms with Gasteiger partial charge in [-0.05, 0) is 43.0 Å². The predicted octanol–water partition coefficient (Wildman–Crippen LogP) is 4.88. The number of benzene rings is 1. The first kappa shape index (κ1) is 21.2. The molecule has 0 radical (unpaired) electrons. The number of hydrogen-bond donors (Lipinski definition) is 1. The molecular weight excluding hydrogens is 433 g/mol. The quantitative estimate of drug-likeness (QED) is 0.465. The van der Waals surface area contributed by atoms with E-state index in [-0.39, 0.29) is 17.2 Å². The second-order valence-corrected chi connectivity index (χ2v) is 8.04. The number of nitrogens with zero attached hydrogens (tertiary/aromatic N) is 5. The van der Waals surface area contributed by atoms with Crippen LogP contribution in [0.3, 0.4) is 0 Å². The molecular formula is C23H21F3N6O. The van der Waals surface area contributed by atoms with Crippen LogP contribution in [0, 0.1) is 0 Å². The van der Waals surface area contributed by atoms with E-state index in [1.54, 1.807) is 19.5 Å². The molecule has 0 saturated heterocycles. The minimum Gasteiger partial charge on any atom is -0.496 e. The summed E-state index contributed by atoms with van der Waals surface area (Å²) < 4.78 is 47.3. The molecule has 0 aliphatic heterocycles. The third-order valence-electron chi connectivity index (χ3n) is 5.98. The second kappa shape index (κ2) is 8.34. The van der Waals surface area contributed by atoms with Crippen LogP contribution in [-0.2, 0) is 19.1 Å². The lowest BCUT2D eigenvalue weighted by Gasteiger charge is -2.27. The van der Waals surface area contributed by atoms with Crippen molar-refractivity contribution >= 4 is 0 Å². The Bertz CT molecular complexity index is 1260. The summed E-state index contributed by atoms with van der Waals surface area (Å²) in [7, 11) is 1.69. The van der Waals surface area contributed by atoms with Gasteiger partial charge in [0, 0.05) is 36.0 Å². The Morgan fingerprint density at radius 1 is 1.18 bits per heavy atom. The van der Waals surface area contributed by atoms with Gasteiger partial charge in [-0.25, -0.2) is 4.98 Å². The molecule has 10 heteroatoms. The Balaban J connectivity index is 1.41. The third-order valence-corrected chi connectivity index (χ3v) is 5.98. The molecule has 1 aliphatic carbocycles. The first-order valence-electron chi connectivity index (χ1n) is 10.6. The molecule has 1 N–H and O–H groups in total. The SMILES string of the molecule is COc1cccc2c1C(Cn1cnc(-c3cc(-c4nn[nH]c4C(F)(F)F)ccn3)c1)CCC2. The average molecular weight is 454 g/mol. The summed E-state index contributed by atoms with van der Waals surface area (Å²) in [5.74, 6) is 1.19. The van der Waals surface area contributed by atoms with Gasteiger partial charge in [0.05, 0.1) is 19.1 Å². The summed E-state index contributed by atoms with van der Waals surface area (Å²) in [6.07, 6.45) is 3.64. The lowest BCUT2D eigenvalue weighted by atomic mass is 9.82. The van der Waals surface area contributed by atoms with E-state index < -0.39 is 11.9 Å². The van der Waals surface area contributed by atoms with Crippen LogP contribution in [0.15, 0.2) is 49.1 Å². The predicted molar refractivity (Wildman–Crippen MR) is 115 cm³/mol. The average Bonchev–Trinajstić information content (AvgIpc) is 3.49. The van der Waals surface area contributed by atoms with E-state index in [0.29, 0.717) is 11.4 Å². The fraction of sp³-hybridized carbons (Fsp3) is 0.304. The van der Waals surface area contributed by atoms with Crippen molar-refractivity contribution in [3.05, 3.63) is 65.9 Å². The maximum atomic E-state index is 13.2. The summed E-state index contributed by atoms with van der Waals surface area (Å²) >= 11 is 0. The van der Waals surface area contributed by atoms with E-state index in [1.165, 1.54) is 23.4 Å². The maximum Gasteiger partial charge on any atom is 0.435 e. The normalized spacial score (nSPS) is 15.9. The highest BCUT2D eigenvalue weighted by molar-refractivity contribution is 5.67. The molecule has 1 atom stereocenters. The number of fused-ring (bicyclic) bond motifs is 1. The molecule has 0 fully saturated rings. The van der Waals surface area contributed by atoms with Crippen molar-refractivity contribution in [3.63, 3.8) is 0 Å². The van der Waals surface area contributed by atoms with Gasteiger partial charge in [-0.2, -0.15) is 13.2 Å². The number of nitrogens with one attached hydrogen (secondary N) is 1. The molecule has 0 spiro atoms. The molecule has 4 aromatic rings. The zero-order valence-electron chi connectivity index (χ0n) is 17.8. The highest BCUT2D eigenvalue weighted by Gasteiger charge is 2.37. The molecule has 3 aromatic heterocycles. The molecule has 33 heavy (non-hydrogen) atoms. The maximum absolute atomic E-state index is 13.2. The van der Waals surface area contributed by atoms with Crippen molar-refractivity contribution in [2.24, 2.45) is 0 Å². The van der Waals surface area contributed by atoms with Gasteiger partial charge < -0.3 is 9.30 Å². The number of imidazole rings is 1. The minimum atomic E-state index is -4.58. The van der Waals surface area contributed by atoms with Crippen molar-refractivity contribution in [2.45, 2.75) is 37.9 Å². The highest BCUT2D eigenvalue weighted by atomic mass is 19.4. The Hall–Kier alpha value is -3.69. The van der Waals surface area contributed by atoms with Crippen molar-refractivity contribution in [1.29, 1.82) is 0 Å². The summed E-state index contributed by atoms with van der Waals surface area (Å²) in [5.41, 5.74) is 2.60. The number of aromatic amines is 1. The number of methoxy groups -OCH3 is 1. The van der Waals surface area contributed by atoms with Gasteiger partial charge >= 0.3 is 6.18 Å². The van der Waals surface area contributed by atoms with Gasteiger partial charge in [0.1, 0.15) is 17.1 Å². The van der Waals surface area contributed by atoms with Gasteiger partial charge in [-0.1, -0.05) is 17.3 Å². The van der Waals surface area contributed by atoms with Crippen LogP contribution in [0.2, 0.25) is 0 Å². The van der Waals surface area contributed by atoms with Crippen LogP contribution >= 0.6 is 0 Å². The molecule has 170 valence electrons. The van der Waals surface area contributed by atoms with Crippen LogP contribution in [0.25, 0.3) is 22.6 Å². The minimum absolute atomic E-state index is 0.265. The molecule has 3 heterocycles. The van der Waals surface area contributed by atoms with Gasteiger partial charge in [0.15, 0.2) is 5.69 Å². The molecule has 0 amide bonds. The smallest absolute Gasteiger partial charge is 0.435 e. The molecule has 1 aliphatic rings. The number of hydrogen-bond acceptors (Lipinski definition) is 5. The molecule has 0 bridgehead atoms. The number of aryl methyl sites for hydroxylation is 1. The van der Waals surface area contributed by atoms with Crippen LogP contribution in [-0.4, -0.2) is 37.1 Å². The number of aromatic nitrogens is 6. The largest absolute Gasteiger partial charge is 0.496 e. The highest BCUT2D eigenvalue weighted by Crippen LogP contribution is 2.39. The first-order chi connectivity index (χ1) is 15.9. The second-order valence-electron chi connectivity index (χ2n) is 8.04. The Morgan fingerprint density at radius 3 is 2.88 bits per heavy atom. The van der Waals surface area contributed by atoms with E-state index in [4.69, 9.17) is 4.74 Å². The third kappa shape index (κ3) is 4.08. The molecule has 0 saturated carbocycles. The van der Waals surface area contributed by atoms with Gasteiger partial charge in [-0.3, -0.25) is 10.1 Å². The van der Waals surface area contributed by atoms with Crippen molar-refractivity contribution in [3.8, 4) is 28.4 Å². The summed E-state index contributed by atoms with van der Waals surface area (Å²) in [6, 6.07) is 9.17. The van der Waals surface area contributed by atoms with E-state index in [0.717, 1.165) is 31.6 Å². The summed E-state index contributed by atoms with van der Waals surface area (Å²) in [6.45, 7) is 0.724. The van der Waals surface area contributed by atoms with Gasteiger partial charge in [0.2, 0.25) is 0 Å². The zero-order valence-corrected chi connectivity index (χ0v) is 17.8. The standard InChI is InChI=1S/C23H21F3N6O/c1-33-19-7-3-5-14-4-2-6-16(20(14)19)11-32-12-18(28-13-32)17-10-15(8-9-27-17)21-22(23(24,25)26)30-31-29-21/h3,5,7-10,12-13,16H,2,4,6,11H2,1H3,(H,29,30,31). The molecule has 5 rings (SSSR count). The number of pyridine rings is 1. The van der Waals surface area contributed by atoms with Crippen molar-refractivity contribution in [2.75, 3.05) is 7.11 Å². The number of ether oxygens (including phenoxy) is 1. The van der Waals surface area contributed by atoms with Crippen LogP contribution in [0.1, 0.15) is 35.6 Å². The van der Waals surface area contributed by atoms with E-state index in [2.05, 4.69) is 26.3 Å². The van der Waals surface area contributed by atoms with Crippen LogP contribution in [0.4, 0.5) is 13.2 Å². The Morgan fingerprint density at radius 2 is 2.06 bits per heavy atom. The number of halogens is 3. The topological polar surface area (TPSA) is 81.5 Å². The van der Waals surface area contributed by atoms with E-state index in [9.17, 15) is 13.2 Å². The fourth-order valence-corrected chi connectivity index (χ4v) is 4.51. The zero-order chi connectivity index (χ0) is 23.0. The molecule has 1 unspecified atom stereocenters. The van der Waals surface area contributed by atoms with Gasteiger partial charge in [0.25, 0.3) is 0 Å². The summed E-state index contributed by atoms with van der Waals surface area (Å²) in [5, 5.41) is 8.87. The Labute approximate surface area is 187 Å². The number of alkyl halides is 3. The molecule has 7 nitrogen and oxygen atoms in total. The van der Waals surface area contributed by atoms with Crippen molar-refractivity contribution in [1.82, 2.24) is 29.9 Å². The lowest BCUT2D eigenvalue weighted by Crippen LogP contribution is -2.16. The first-order valence-corrected chi connectivity index (χ1v) is 10.6. The fourth-order valence-electron chi connectivity index (χ4n) is 4.51. The summed E-state index contributed by atoms with van der Waals surface area (Å²) in [4.78, 5) is 8.75. The van der Waals surface area contributed by atoms with Crippen LogP contribution < -0.4 is 4.74 Å².